The second-order valence-corrected chi connectivity index (χ2v) is 24.7. The van der Waals surface area contributed by atoms with Crippen LogP contribution in [0.4, 0.5) is 0 Å². The van der Waals surface area contributed by atoms with E-state index in [2.05, 4.69) is 40.7 Å². The summed E-state index contributed by atoms with van der Waals surface area (Å²) < 4.78 is 42.5. The zero-order valence-corrected chi connectivity index (χ0v) is 43.4. The fourth-order valence-corrected chi connectivity index (χ4v) is 15.6. The van der Waals surface area contributed by atoms with Gasteiger partial charge in [-0.1, -0.05) is 66.2 Å². The van der Waals surface area contributed by atoms with Gasteiger partial charge in [0, 0.05) is 5.57 Å². The quantitative estimate of drug-likeness (QED) is 0.0551. The number of carbonyl (C=O) groups excluding carboxylic acids is 1. The van der Waals surface area contributed by atoms with Crippen LogP contribution >= 0.6 is 0 Å². The van der Waals surface area contributed by atoms with Crippen molar-refractivity contribution in [3.63, 3.8) is 0 Å². The third kappa shape index (κ3) is 8.89. The summed E-state index contributed by atoms with van der Waals surface area (Å²) >= 11 is 0. The van der Waals surface area contributed by atoms with E-state index in [-0.39, 0.29) is 23.7 Å². The van der Waals surface area contributed by atoms with E-state index >= 15 is 0 Å². The number of carboxylic acid groups (broad SMARTS) is 1. The lowest BCUT2D eigenvalue weighted by atomic mass is 9.33. The van der Waals surface area contributed by atoms with Gasteiger partial charge in [-0.2, -0.15) is 0 Å². The molecule has 8 rings (SSSR count). The molecule has 0 spiro atoms. The molecule has 0 amide bonds. The van der Waals surface area contributed by atoms with Gasteiger partial charge in [-0.3, -0.25) is 0 Å². The first-order chi connectivity index (χ1) is 34.0. The largest absolute Gasteiger partial charge is 0.479 e. The minimum absolute atomic E-state index is 0.0390. The molecule has 21 nitrogen and oxygen atoms in total. The van der Waals surface area contributed by atoms with E-state index in [1.165, 1.54) is 0 Å². The number of ether oxygens (including phenoxy) is 7. The van der Waals surface area contributed by atoms with Gasteiger partial charge in [0.15, 0.2) is 25.0 Å². The predicted octanol–water partition coefficient (Wildman–Crippen LogP) is -0.225. The molecule has 0 unspecified atom stereocenters. The van der Waals surface area contributed by atoms with Gasteiger partial charge >= 0.3 is 11.9 Å². The third-order valence-electron chi connectivity index (χ3n) is 20.3. The standard InChI is InChI=1S/C52H82O21/c1-10-22(2)43(66)73-41-40(63)47(3,4)17-24-23-11-12-28-49(7)15-14-30(48(5,6)27(49)13-16-50(28,8)51(23,9)18-29(56)52(24,41)21-54)69-46-39(72-45-35(61)33(59)32(58)26(19-53)68-45)37(36(62)38(71-46)42(64)65)70-44-34(60)31(57)25(55)20-67-44/h10-11,24-41,44-46,53-63H,12-21H2,1-9H3,(H,64,65)/b22-10-/t24-,25+,26+,27-,28+,29+,30-,31-,32+,33-,34+,35+,36-,37-,38-,39+,40-,41-,44-,45-,46+,49-,50+,51+,52-/m0/s1. The van der Waals surface area contributed by atoms with Crippen LogP contribution in [0.2, 0.25) is 0 Å². The molecular weight excluding hydrogens is 961 g/mol. The molecule has 0 aromatic rings. The Morgan fingerprint density at radius 2 is 1.41 bits per heavy atom. The van der Waals surface area contributed by atoms with Crippen molar-refractivity contribution < 1.29 is 104 Å². The number of aliphatic carboxylic acids is 1. The number of esters is 1. The van der Waals surface area contributed by atoms with Crippen molar-refractivity contribution in [2.24, 2.45) is 50.2 Å². The van der Waals surface area contributed by atoms with Crippen molar-refractivity contribution in [2.45, 2.75) is 218 Å². The number of allylic oxidation sites excluding steroid dienone is 3. The number of hydrogen-bond acceptors (Lipinski definition) is 20. The lowest BCUT2D eigenvalue weighted by Gasteiger charge is -2.72. The van der Waals surface area contributed by atoms with Crippen molar-refractivity contribution in [1.29, 1.82) is 0 Å². The molecule has 12 N–H and O–H groups in total. The molecule has 3 aliphatic heterocycles. The average molecular weight is 1040 g/mol. The topological polar surface area (TPSA) is 342 Å². The molecule has 416 valence electrons. The van der Waals surface area contributed by atoms with E-state index in [4.69, 9.17) is 33.2 Å². The molecule has 8 aliphatic rings. The number of fused-ring (bicyclic) bond motifs is 7. The van der Waals surface area contributed by atoms with Gasteiger partial charge in [-0.25, -0.2) is 9.59 Å². The van der Waals surface area contributed by atoms with E-state index < -0.39 is 175 Å². The maximum atomic E-state index is 13.4. The first-order valence-electron chi connectivity index (χ1n) is 26.0. The number of aliphatic hydroxyl groups excluding tert-OH is 11. The second kappa shape index (κ2) is 20.2. The second-order valence-electron chi connectivity index (χ2n) is 24.7. The SMILES string of the molecule is C/C=C(/C)C(=O)O[C@H]1[C@H](O)C(C)(C)C[C@H]2C3=CC[C@@H]4[C@@]5(C)CC[C@H](O[C@@H]6O[C@H](C(=O)O)[C@@H](O)[C@H](O[C@@H]7OC[C@@H](O)[C@H](O)[C@H]7O)[C@H]6O[C@@H]6O[C@H](CO)[C@@H](O)[C@H](O)[C@H]6O)C(C)(C)[C@@H]5CC[C@@]4(C)[C@]3(C)C[C@@H](O)[C@]21CO. The van der Waals surface area contributed by atoms with Gasteiger partial charge in [-0.05, 0) is 104 Å². The predicted molar refractivity (Wildman–Crippen MR) is 252 cm³/mol. The van der Waals surface area contributed by atoms with Crippen LogP contribution in [-0.2, 0) is 42.7 Å². The van der Waals surface area contributed by atoms with Crippen LogP contribution in [-0.4, -0.2) is 203 Å². The van der Waals surface area contributed by atoms with Crippen molar-refractivity contribution in [2.75, 3.05) is 19.8 Å². The first kappa shape index (κ1) is 56.9. The Labute approximate surface area is 426 Å². The van der Waals surface area contributed by atoms with Crippen LogP contribution in [0.1, 0.15) is 107 Å². The van der Waals surface area contributed by atoms with Crippen LogP contribution in [0, 0.1) is 50.2 Å². The van der Waals surface area contributed by atoms with Crippen molar-refractivity contribution in [3.8, 4) is 0 Å². The smallest absolute Gasteiger partial charge is 0.335 e. The summed E-state index contributed by atoms with van der Waals surface area (Å²) in [6, 6.07) is 0. The fourth-order valence-electron chi connectivity index (χ4n) is 15.6. The molecule has 0 aromatic heterocycles. The van der Waals surface area contributed by atoms with E-state index in [9.17, 15) is 70.9 Å². The normalized spacial score (nSPS) is 51.6. The number of aliphatic hydroxyl groups is 11. The highest BCUT2D eigenvalue weighted by molar-refractivity contribution is 5.87. The van der Waals surface area contributed by atoms with E-state index in [0.29, 0.717) is 44.1 Å². The van der Waals surface area contributed by atoms with Crippen LogP contribution in [0.3, 0.4) is 0 Å². The lowest BCUT2D eigenvalue weighted by molar-refractivity contribution is -0.392. The van der Waals surface area contributed by atoms with E-state index in [1.54, 1.807) is 19.9 Å². The minimum atomic E-state index is -2.09. The summed E-state index contributed by atoms with van der Waals surface area (Å²) in [7, 11) is 0. The molecule has 0 bridgehead atoms. The van der Waals surface area contributed by atoms with E-state index in [0.717, 1.165) is 5.57 Å². The highest BCUT2D eigenvalue weighted by Crippen LogP contribution is 2.76. The van der Waals surface area contributed by atoms with Gasteiger partial charge in [0.1, 0.15) is 67.1 Å². The summed E-state index contributed by atoms with van der Waals surface area (Å²) in [5.41, 5.74) is -2.73. The lowest BCUT2D eigenvalue weighted by Crippen LogP contribution is -2.72. The molecule has 3 saturated heterocycles. The Morgan fingerprint density at radius 3 is 2.04 bits per heavy atom. The zero-order chi connectivity index (χ0) is 53.9. The molecule has 0 radical (unpaired) electrons. The highest BCUT2D eigenvalue weighted by Gasteiger charge is 2.73. The maximum Gasteiger partial charge on any atom is 0.335 e. The maximum absolute atomic E-state index is 13.4. The minimum Gasteiger partial charge on any atom is -0.479 e. The molecular formula is C52H82O21. The van der Waals surface area contributed by atoms with Crippen LogP contribution in [0.25, 0.3) is 0 Å². The molecule has 21 heteroatoms. The zero-order valence-electron chi connectivity index (χ0n) is 43.4. The Bertz CT molecular complexity index is 2100. The van der Waals surface area contributed by atoms with Gasteiger partial charge in [0.05, 0.1) is 43.5 Å². The van der Waals surface area contributed by atoms with Gasteiger partial charge < -0.3 is 94.4 Å². The van der Waals surface area contributed by atoms with Crippen LogP contribution < -0.4 is 0 Å². The monoisotopic (exact) mass is 1040 g/mol. The van der Waals surface area contributed by atoms with Gasteiger partial charge in [-0.15, -0.1) is 0 Å². The summed E-state index contributed by atoms with van der Waals surface area (Å²) in [6.45, 7) is 16.3. The third-order valence-corrected chi connectivity index (χ3v) is 20.3. The Morgan fingerprint density at radius 1 is 0.753 bits per heavy atom. The Kier molecular flexibility index (Phi) is 15.7. The Hall–Kier alpha value is -2.26. The summed E-state index contributed by atoms with van der Waals surface area (Å²) in [5, 5.41) is 132. The van der Waals surface area contributed by atoms with Gasteiger partial charge in [0.25, 0.3) is 0 Å². The van der Waals surface area contributed by atoms with E-state index in [1.807, 2.05) is 13.8 Å². The number of carbonyl (C=O) groups is 2. The van der Waals surface area contributed by atoms with Crippen molar-refractivity contribution >= 4 is 11.9 Å². The van der Waals surface area contributed by atoms with Crippen LogP contribution in [0.5, 0.6) is 0 Å². The molecule has 4 saturated carbocycles. The van der Waals surface area contributed by atoms with Crippen molar-refractivity contribution in [1.82, 2.24) is 0 Å². The number of hydrogen-bond donors (Lipinski definition) is 12. The molecule has 0 aromatic carbocycles. The van der Waals surface area contributed by atoms with Gasteiger partial charge in [0.2, 0.25) is 0 Å². The van der Waals surface area contributed by atoms with Crippen molar-refractivity contribution in [3.05, 3.63) is 23.3 Å². The molecule has 25 atom stereocenters. The summed E-state index contributed by atoms with van der Waals surface area (Å²) in [6.07, 6.45) is -21.9. The number of carboxylic acids is 1. The number of rotatable bonds is 11. The molecule has 7 fully saturated rings. The van der Waals surface area contributed by atoms with Crippen LogP contribution in [0.15, 0.2) is 23.3 Å². The average Bonchev–Trinajstić information content (AvgIpc) is 3.32. The summed E-state index contributed by atoms with van der Waals surface area (Å²) in [5.74, 6) is -2.66. The molecule has 73 heavy (non-hydrogen) atoms. The first-order valence-corrected chi connectivity index (χ1v) is 26.0. The highest BCUT2D eigenvalue weighted by atomic mass is 16.8. The summed E-state index contributed by atoms with van der Waals surface area (Å²) in [4.78, 5) is 26.2. The molecule has 5 aliphatic carbocycles. The molecule has 3 heterocycles. The fraction of sp³-hybridized carbons (Fsp3) is 0.885. The Balaban J connectivity index is 1.11.